The van der Waals surface area contributed by atoms with Gasteiger partial charge in [0.25, 0.3) is 0 Å². The second-order valence-electron chi connectivity index (χ2n) is 39.5. The molecule has 756 valence electrons. The smallest absolute Gasteiger partial charge is 0.410 e. The molecule has 35 nitrogen and oxygen atoms in total. The van der Waals surface area contributed by atoms with Crippen LogP contribution < -0.4 is 5.32 Å². The zero-order valence-corrected chi connectivity index (χ0v) is 85.6. The van der Waals surface area contributed by atoms with Crippen molar-refractivity contribution in [2.45, 2.75) is 399 Å². The van der Waals surface area contributed by atoms with E-state index in [1.165, 1.54) is 30.9 Å². The molecule has 8 fully saturated rings. The van der Waals surface area contributed by atoms with E-state index >= 15 is 0 Å². The van der Waals surface area contributed by atoms with Crippen molar-refractivity contribution >= 4 is 53.6 Å². The number of carbonyl (C=O) groups excluding carboxylic acids is 9. The quantitative estimate of drug-likeness (QED) is 0.0438. The fraction of sp³-hybridized carbons (Fsp3) is 0.885. The zero-order chi connectivity index (χ0) is 99.2. The highest BCUT2D eigenvalue weighted by Crippen LogP contribution is 2.49. The molecular formula is C96H168N6O29. The number of nitrogens with zero attached hydrogens (tertiary/aromatic N) is 5. The lowest BCUT2D eigenvalue weighted by Crippen LogP contribution is -2.62. The summed E-state index contributed by atoms with van der Waals surface area (Å²) in [6.45, 7) is 53.6. The van der Waals surface area contributed by atoms with E-state index in [1.807, 2.05) is 128 Å². The maximum absolute atomic E-state index is 14.8. The van der Waals surface area contributed by atoms with Gasteiger partial charge >= 0.3 is 42.0 Å². The van der Waals surface area contributed by atoms with Crippen LogP contribution in [0.3, 0.4) is 0 Å². The molecule has 8 heterocycles. The number of rotatable bonds is 27. The lowest BCUT2D eigenvalue weighted by molar-refractivity contribution is -0.320. The maximum atomic E-state index is 14.8. The van der Waals surface area contributed by atoms with E-state index in [9.17, 15) is 48.3 Å². The first-order chi connectivity index (χ1) is 61.1. The molecule has 0 aliphatic carbocycles. The van der Waals surface area contributed by atoms with Gasteiger partial charge in [0.05, 0.1) is 96.4 Å². The molecule has 0 saturated carbocycles. The second kappa shape index (κ2) is 48.5. The van der Waals surface area contributed by atoms with Gasteiger partial charge in [0.15, 0.2) is 54.7 Å². The summed E-state index contributed by atoms with van der Waals surface area (Å²) in [6, 6.07) is -2.14. The number of esters is 5. The van der Waals surface area contributed by atoms with Crippen molar-refractivity contribution in [3.63, 3.8) is 0 Å². The fourth-order valence-electron chi connectivity index (χ4n) is 21.7. The molecule has 2 N–H and O–H groups in total. The minimum absolute atomic E-state index is 0.0757. The molecule has 0 aromatic heterocycles. The van der Waals surface area contributed by atoms with Crippen LogP contribution in [-0.2, 0) is 124 Å². The summed E-state index contributed by atoms with van der Waals surface area (Å²) < 4.78 is 121. The van der Waals surface area contributed by atoms with Crippen LogP contribution in [0.5, 0.6) is 0 Å². The third-order valence-electron chi connectivity index (χ3n) is 29.4. The van der Waals surface area contributed by atoms with Crippen LogP contribution >= 0.6 is 0 Å². The van der Waals surface area contributed by atoms with E-state index in [0.29, 0.717) is 19.4 Å². The molecule has 8 rings (SSSR count). The average Bonchev–Trinajstić information content (AvgIpc) is 1.60. The van der Waals surface area contributed by atoms with Crippen molar-refractivity contribution in [3.8, 4) is 0 Å². The van der Waals surface area contributed by atoms with Crippen molar-refractivity contribution in [1.29, 1.82) is 0 Å². The summed E-state index contributed by atoms with van der Waals surface area (Å²) in [5.74, 6) is -9.44. The summed E-state index contributed by atoms with van der Waals surface area (Å²) in [4.78, 5) is 133. The number of hydrogen-bond donors (Lipinski definition) is 2. The van der Waals surface area contributed by atoms with Crippen molar-refractivity contribution in [2.24, 2.45) is 47.3 Å². The predicted octanol–water partition coefficient (Wildman–Crippen LogP) is 10.3. The van der Waals surface area contributed by atoms with Crippen LogP contribution in [0, 0.1) is 47.3 Å². The van der Waals surface area contributed by atoms with Crippen LogP contribution in [0.2, 0.25) is 0 Å². The van der Waals surface area contributed by atoms with Gasteiger partial charge in [0, 0.05) is 116 Å². The third kappa shape index (κ3) is 26.4. The molecule has 0 aromatic rings. The van der Waals surface area contributed by atoms with Gasteiger partial charge in [-0.25, -0.2) is 14.4 Å². The Kier molecular flexibility index (Phi) is 42.2. The van der Waals surface area contributed by atoms with Crippen molar-refractivity contribution < 1.29 is 138 Å². The lowest BCUT2D eigenvalue weighted by atomic mass is 9.73. The number of carbonyl (C=O) groups is 9. The molecule has 8 saturated heterocycles. The van der Waals surface area contributed by atoms with Gasteiger partial charge in [0.1, 0.15) is 41.1 Å². The normalized spacial score (nSPS) is 41.9. The minimum atomic E-state index is -1.39. The Morgan fingerprint density at radius 2 is 0.878 bits per heavy atom. The van der Waals surface area contributed by atoms with Gasteiger partial charge in [-0.1, -0.05) is 89.7 Å². The Bertz CT molecular complexity index is 3730. The number of ketones is 2. The molecule has 131 heavy (non-hydrogen) atoms. The van der Waals surface area contributed by atoms with Gasteiger partial charge < -0.3 is 125 Å². The number of aliphatic hydroxyl groups is 1. The summed E-state index contributed by atoms with van der Waals surface area (Å²) in [5.41, 5.74) is -7.47. The van der Waals surface area contributed by atoms with Gasteiger partial charge in [-0.2, -0.15) is 0 Å². The van der Waals surface area contributed by atoms with E-state index < -0.39 is 228 Å². The number of Topliss-reactive ketones (excluding diaryl/α,β-unsaturated/α-hetero) is 2. The summed E-state index contributed by atoms with van der Waals surface area (Å²) in [5, 5.41) is 14.9. The number of amides is 2. The first kappa shape index (κ1) is 114. The van der Waals surface area contributed by atoms with Crippen LogP contribution in [0.25, 0.3) is 0 Å². The van der Waals surface area contributed by atoms with Crippen LogP contribution in [-0.4, -0.2) is 355 Å². The first-order valence-electron chi connectivity index (χ1n) is 47.6. The van der Waals surface area contributed by atoms with E-state index in [-0.39, 0.29) is 86.8 Å². The van der Waals surface area contributed by atoms with E-state index in [0.717, 1.165) is 32.3 Å². The largest absolute Gasteiger partial charge is 0.458 e. The molecule has 0 bridgehead atoms. The van der Waals surface area contributed by atoms with E-state index in [1.54, 1.807) is 90.6 Å². The van der Waals surface area contributed by atoms with Crippen molar-refractivity contribution in [3.05, 3.63) is 12.7 Å². The van der Waals surface area contributed by atoms with E-state index in [2.05, 4.69) is 30.6 Å². The van der Waals surface area contributed by atoms with Crippen LogP contribution in [0.4, 0.5) is 9.59 Å². The Hall–Kier alpha value is -5.71. The average molecular weight is 1870 g/mol. The molecule has 8 aliphatic rings. The van der Waals surface area contributed by atoms with Gasteiger partial charge in [-0.15, -0.1) is 0 Å². The summed E-state index contributed by atoms with van der Waals surface area (Å²) >= 11 is 0. The number of methoxy groups -OCH3 is 4. The van der Waals surface area contributed by atoms with Gasteiger partial charge in [-0.05, 0) is 176 Å². The highest BCUT2D eigenvalue weighted by atomic mass is 16.7. The Labute approximate surface area is 780 Å². The van der Waals surface area contributed by atoms with Gasteiger partial charge in [-0.3, -0.25) is 28.8 Å². The van der Waals surface area contributed by atoms with E-state index in [4.69, 9.17) is 90.0 Å². The summed E-state index contributed by atoms with van der Waals surface area (Å²) in [7, 11) is 16.9. The van der Waals surface area contributed by atoms with Crippen LogP contribution in [0.15, 0.2) is 12.7 Å². The lowest BCUT2D eigenvalue weighted by Gasteiger charge is -2.50. The first-order valence-corrected chi connectivity index (χ1v) is 47.6. The standard InChI is InChI=1S/C47H83N3O14.C45H74N2O15.C4H11N/c1-18-33-47(12)39(49(15)44(55)64-47)28(6)36(52)26(4)24-45(10,56-16)40(63-43-37(53)32(48(13)14)23-27(5)58-43)29(7)38(30(8)42(54)60-33)62-35-25-46(11,57-17)41(31(9)59-35)61-34(51)21-22-50(19-2)20-3;1-18-31-45(12)37(47(15)42(52)62-45)25(5)34(50)23(3)21-43(10,53-16)38(61-41-36(57-29(9)48)30(46(13)14)20-24(4)55-41)26(6)35(27(7)40(51)58-31)60-33-22-44(11,54-17)39(28(8)56-33)59-32(49)19-2;1-3-5-4-2/h26-33,35,37-41,43,53H,18-25H2,1-17H3;19,23-28,30-31,33,35-39,41H,2,18,20-22H2,1,3-17H3;5H,3-4H2,1-2H3/t26-,27-,28+,29+,30-,31+,32+,33-,35+,37-,38+,39-,40-,41+,43+,45-,46-,47-;23-,24-,25+,26+,27-,28+,30+,31-,33+,35+,36-,37-,38-,39+,41+,43-,44-,45-;/m11./s1. The highest BCUT2D eigenvalue weighted by molar-refractivity contribution is 5.86. The molecule has 0 spiro atoms. The Balaban J connectivity index is 0.000000383. The Morgan fingerprint density at radius 1 is 0.504 bits per heavy atom. The number of aliphatic hydroxyl groups excluding tert-OH is 1. The fourth-order valence-corrected chi connectivity index (χ4v) is 21.7. The molecule has 0 aromatic carbocycles. The molecule has 35 heteroatoms. The van der Waals surface area contributed by atoms with Gasteiger partial charge in [0.2, 0.25) is 0 Å². The second-order valence-corrected chi connectivity index (χ2v) is 39.5. The SMILES string of the molecule is C=CC(=O)O[C@H]1[C@H](C)O[C@@H](O[C@H]2[C@H](C)[C@@H](O[C@@H]3O[C@H](C)C[C@H](N(C)C)[C@H]3OC(C)=O)[C@](C)(OC)C[C@@H](C)C(=O)[C@H](C)[C@H]3N(C)C(=O)O[C@]3(C)[C@@H](CC)OC(=O)[C@@H]2C)C[C@@]1(C)OC.CCNCC.CC[C@H]1OC(=O)[C@H](C)[C@@H](O[C@H]2C[C@@](C)(OC)[C@@H](OC(=O)CCN(CC)CC)[C@H](C)O2)[C@H](C)[C@@H](O[C@@H]2O[C@H](C)C[C@H](N(C)C)[C@H]2O)[C@](C)(OC)C[C@@H](C)C(=O)[C@H](C)[C@H]2N(C)C(=O)O[C@]12C. The number of hydrogen-bond acceptors (Lipinski definition) is 33. The molecule has 0 unspecified atom stereocenters. The van der Waals surface area contributed by atoms with Crippen molar-refractivity contribution in [2.75, 3.05) is 103 Å². The number of likely N-dealkylation sites (N-methyl/N-ethyl adjacent to an activating group) is 4. The van der Waals surface area contributed by atoms with Crippen molar-refractivity contribution in [1.82, 2.24) is 29.8 Å². The van der Waals surface area contributed by atoms with Crippen LogP contribution in [0.1, 0.15) is 231 Å². The number of cyclic esters (lactones) is 2. The number of ether oxygens (including phenoxy) is 19. The molecule has 8 aliphatic heterocycles. The number of fused-ring (bicyclic) bond motifs is 2. The monoisotopic (exact) mass is 1870 g/mol. The molecule has 36 atom stereocenters. The topological polar surface area (TPSA) is 377 Å². The zero-order valence-electron chi connectivity index (χ0n) is 85.6. The summed E-state index contributed by atoms with van der Waals surface area (Å²) in [6.07, 6.45) is -13.6. The highest BCUT2D eigenvalue weighted by Gasteiger charge is 2.64. The number of nitrogens with one attached hydrogen (secondary N) is 1. The predicted molar refractivity (Wildman–Crippen MR) is 486 cm³/mol. The minimum Gasteiger partial charge on any atom is -0.458 e. The Morgan fingerprint density at radius 3 is 1.23 bits per heavy atom. The molecule has 0 radical (unpaired) electrons. The third-order valence-corrected chi connectivity index (χ3v) is 29.4. The maximum Gasteiger partial charge on any atom is 0.410 e. The molecule has 2 amide bonds. The molecular weight excluding hydrogens is 1700 g/mol.